The molecule has 2 N–H and O–H groups in total. The summed E-state index contributed by atoms with van der Waals surface area (Å²) in [6.45, 7) is 4.08. The molecule has 18 heavy (non-hydrogen) atoms. The van der Waals surface area contributed by atoms with E-state index in [4.69, 9.17) is 5.11 Å². The van der Waals surface area contributed by atoms with E-state index in [0.29, 0.717) is 13.0 Å². The standard InChI is InChI=1S/C11H18N4O3/c1-3-8(2)10(11(17)18)14-9(16)4-5-15-7-12-6-13-15/h6-8,10H,3-5H2,1-2H3,(H,14,16)(H,17,18)/t8?,10-/m0/s1. The van der Waals surface area contributed by atoms with Crippen LogP contribution in [0.3, 0.4) is 0 Å². The lowest BCUT2D eigenvalue weighted by Gasteiger charge is -2.20. The molecule has 0 aliphatic rings. The van der Waals surface area contributed by atoms with Crippen LogP contribution < -0.4 is 5.32 Å². The second-order valence-electron chi connectivity index (χ2n) is 4.18. The maximum absolute atomic E-state index is 11.6. The molecule has 100 valence electrons. The van der Waals surface area contributed by atoms with Crippen molar-refractivity contribution in [2.45, 2.75) is 39.3 Å². The fourth-order valence-corrected chi connectivity index (χ4v) is 1.49. The fraction of sp³-hybridized carbons (Fsp3) is 0.636. The lowest BCUT2D eigenvalue weighted by molar-refractivity contribution is -0.143. The number of carbonyl (C=O) groups is 2. The van der Waals surface area contributed by atoms with Gasteiger partial charge >= 0.3 is 5.97 Å². The van der Waals surface area contributed by atoms with Crippen LogP contribution in [-0.2, 0) is 16.1 Å². The first kappa shape index (κ1) is 14.1. The zero-order valence-electron chi connectivity index (χ0n) is 10.5. The highest BCUT2D eigenvalue weighted by Gasteiger charge is 2.24. The van der Waals surface area contributed by atoms with Crippen molar-refractivity contribution in [3.8, 4) is 0 Å². The second kappa shape index (κ2) is 6.73. The number of aromatic nitrogens is 3. The number of rotatable bonds is 7. The number of carboxylic acid groups (broad SMARTS) is 1. The molecule has 1 aromatic rings. The number of aliphatic carboxylic acids is 1. The quantitative estimate of drug-likeness (QED) is 0.728. The minimum atomic E-state index is -1.00. The van der Waals surface area contributed by atoms with Crippen molar-refractivity contribution in [3.63, 3.8) is 0 Å². The Morgan fingerprint density at radius 3 is 2.72 bits per heavy atom. The van der Waals surface area contributed by atoms with Crippen molar-refractivity contribution in [2.24, 2.45) is 5.92 Å². The molecule has 0 saturated carbocycles. The molecule has 2 atom stereocenters. The number of hydrogen-bond acceptors (Lipinski definition) is 4. The van der Waals surface area contributed by atoms with Crippen LogP contribution in [0, 0.1) is 5.92 Å². The number of nitrogens with one attached hydrogen (secondary N) is 1. The van der Waals surface area contributed by atoms with Crippen LogP contribution in [0.4, 0.5) is 0 Å². The van der Waals surface area contributed by atoms with Crippen molar-refractivity contribution < 1.29 is 14.7 Å². The monoisotopic (exact) mass is 254 g/mol. The summed E-state index contributed by atoms with van der Waals surface area (Å²) in [6, 6.07) is -0.835. The summed E-state index contributed by atoms with van der Waals surface area (Å²) < 4.78 is 1.53. The Morgan fingerprint density at radius 1 is 1.50 bits per heavy atom. The molecule has 0 radical (unpaired) electrons. The molecule has 0 saturated heterocycles. The Hall–Kier alpha value is -1.92. The Labute approximate surface area is 105 Å². The van der Waals surface area contributed by atoms with Crippen LogP contribution >= 0.6 is 0 Å². The molecule has 1 amide bonds. The molecule has 7 nitrogen and oxygen atoms in total. The number of hydrogen-bond donors (Lipinski definition) is 2. The van der Waals surface area contributed by atoms with Crippen molar-refractivity contribution in [1.82, 2.24) is 20.1 Å². The van der Waals surface area contributed by atoms with Crippen LogP contribution in [0.1, 0.15) is 26.7 Å². The van der Waals surface area contributed by atoms with Gasteiger partial charge in [-0.2, -0.15) is 5.10 Å². The minimum Gasteiger partial charge on any atom is -0.480 e. The van der Waals surface area contributed by atoms with Gasteiger partial charge in [0, 0.05) is 6.42 Å². The van der Waals surface area contributed by atoms with Gasteiger partial charge in [-0.05, 0) is 5.92 Å². The van der Waals surface area contributed by atoms with Gasteiger partial charge in [-0.1, -0.05) is 20.3 Å². The largest absolute Gasteiger partial charge is 0.480 e. The van der Waals surface area contributed by atoms with Crippen molar-refractivity contribution in [3.05, 3.63) is 12.7 Å². The number of carboxylic acids is 1. The van der Waals surface area contributed by atoms with Crippen molar-refractivity contribution >= 4 is 11.9 Å². The third kappa shape index (κ3) is 4.15. The highest BCUT2D eigenvalue weighted by Crippen LogP contribution is 2.08. The molecule has 1 aromatic heterocycles. The van der Waals surface area contributed by atoms with E-state index in [9.17, 15) is 9.59 Å². The summed E-state index contributed by atoms with van der Waals surface area (Å²) in [5.74, 6) is -1.39. The van der Waals surface area contributed by atoms with Gasteiger partial charge in [-0.15, -0.1) is 0 Å². The molecule has 1 rings (SSSR count). The molecular formula is C11H18N4O3. The molecule has 0 bridgehead atoms. The lowest BCUT2D eigenvalue weighted by atomic mass is 9.99. The number of carbonyl (C=O) groups excluding carboxylic acids is 1. The molecule has 1 heterocycles. The Bertz CT molecular complexity index is 391. The van der Waals surface area contributed by atoms with Crippen LogP contribution in [0.5, 0.6) is 0 Å². The van der Waals surface area contributed by atoms with Gasteiger partial charge < -0.3 is 10.4 Å². The summed E-state index contributed by atoms with van der Waals surface area (Å²) >= 11 is 0. The maximum atomic E-state index is 11.6. The SMILES string of the molecule is CCC(C)[C@H](NC(=O)CCn1cncn1)C(=O)O. The summed E-state index contributed by atoms with van der Waals surface area (Å²) in [6.07, 6.45) is 3.78. The van der Waals surface area contributed by atoms with Crippen molar-refractivity contribution in [1.29, 1.82) is 0 Å². The van der Waals surface area contributed by atoms with E-state index in [1.54, 1.807) is 6.92 Å². The summed E-state index contributed by atoms with van der Waals surface area (Å²) in [7, 11) is 0. The molecule has 0 aliphatic carbocycles. The highest BCUT2D eigenvalue weighted by molar-refractivity contribution is 5.83. The van der Waals surface area contributed by atoms with Crippen LogP contribution in [0.15, 0.2) is 12.7 Å². The normalized spacial score (nSPS) is 13.9. The lowest BCUT2D eigenvalue weighted by Crippen LogP contribution is -2.45. The third-order valence-corrected chi connectivity index (χ3v) is 2.83. The number of aryl methyl sites for hydroxylation is 1. The molecular weight excluding hydrogens is 236 g/mol. The van der Waals surface area contributed by atoms with Crippen LogP contribution in [-0.4, -0.2) is 37.8 Å². The van der Waals surface area contributed by atoms with E-state index in [1.807, 2.05) is 6.92 Å². The average Bonchev–Trinajstić information content (AvgIpc) is 2.85. The smallest absolute Gasteiger partial charge is 0.326 e. The van der Waals surface area contributed by atoms with Crippen molar-refractivity contribution in [2.75, 3.05) is 0 Å². The summed E-state index contributed by atoms with van der Waals surface area (Å²) in [5, 5.41) is 15.4. The van der Waals surface area contributed by atoms with E-state index >= 15 is 0 Å². The topological polar surface area (TPSA) is 97.1 Å². The number of amides is 1. The van der Waals surface area contributed by atoms with E-state index in [0.717, 1.165) is 0 Å². The van der Waals surface area contributed by atoms with Gasteiger partial charge in [-0.3, -0.25) is 9.48 Å². The Morgan fingerprint density at radius 2 is 2.22 bits per heavy atom. The first-order chi connectivity index (χ1) is 8.54. The molecule has 0 spiro atoms. The maximum Gasteiger partial charge on any atom is 0.326 e. The second-order valence-corrected chi connectivity index (χ2v) is 4.18. The average molecular weight is 254 g/mol. The van der Waals surface area contributed by atoms with E-state index in [-0.39, 0.29) is 18.2 Å². The predicted molar refractivity (Wildman–Crippen MR) is 63.7 cm³/mol. The first-order valence-electron chi connectivity index (χ1n) is 5.89. The minimum absolute atomic E-state index is 0.0992. The van der Waals surface area contributed by atoms with Crippen LogP contribution in [0.2, 0.25) is 0 Å². The molecule has 0 aliphatic heterocycles. The van der Waals surface area contributed by atoms with Gasteiger partial charge in [0.15, 0.2) is 0 Å². The number of nitrogens with zero attached hydrogens (tertiary/aromatic N) is 3. The third-order valence-electron chi connectivity index (χ3n) is 2.83. The van der Waals surface area contributed by atoms with Gasteiger partial charge in [0.25, 0.3) is 0 Å². The zero-order valence-corrected chi connectivity index (χ0v) is 10.5. The summed E-state index contributed by atoms with van der Waals surface area (Å²) in [5.41, 5.74) is 0. The summed E-state index contributed by atoms with van der Waals surface area (Å²) in [4.78, 5) is 26.4. The first-order valence-corrected chi connectivity index (χ1v) is 5.89. The predicted octanol–water partition coefficient (Wildman–Crippen LogP) is 0.284. The van der Waals surface area contributed by atoms with Gasteiger partial charge in [0.1, 0.15) is 18.7 Å². The van der Waals surface area contributed by atoms with Crippen LogP contribution in [0.25, 0.3) is 0 Å². The molecule has 7 heteroatoms. The Kier molecular flexibility index (Phi) is 5.29. The van der Waals surface area contributed by atoms with Gasteiger partial charge in [-0.25, -0.2) is 9.78 Å². The zero-order chi connectivity index (χ0) is 13.5. The molecule has 0 fully saturated rings. The van der Waals surface area contributed by atoms with Gasteiger partial charge in [0.05, 0.1) is 6.54 Å². The molecule has 1 unspecified atom stereocenters. The van der Waals surface area contributed by atoms with E-state index < -0.39 is 12.0 Å². The highest BCUT2D eigenvalue weighted by atomic mass is 16.4. The van der Waals surface area contributed by atoms with E-state index in [2.05, 4.69) is 15.4 Å². The molecule has 0 aromatic carbocycles. The van der Waals surface area contributed by atoms with Gasteiger partial charge in [0.2, 0.25) is 5.91 Å². The fourth-order valence-electron chi connectivity index (χ4n) is 1.49. The van der Waals surface area contributed by atoms with E-state index in [1.165, 1.54) is 17.3 Å². The Balaban J connectivity index is 2.44.